The van der Waals surface area contributed by atoms with Crippen LogP contribution in [0.2, 0.25) is 5.02 Å². The molecule has 1 aliphatic rings. The monoisotopic (exact) mass is 368 g/mol. The average molecular weight is 369 g/mol. The summed E-state index contributed by atoms with van der Waals surface area (Å²) < 4.78 is 44.7. The fourth-order valence-corrected chi connectivity index (χ4v) is 2.81. The van der Waals surface area contributed by atoms with Crippen molar-refractivity contribution in [2.45, 2.75) is 12.3 Å². The number of rotatable bonds is 3. The molecular weight excluding hydrogens is 357 g/mol. The zero-order valence-electron chi connectivity index (χ0n) is 12.9. The molecule has 4 nitrogen and oxygen atoms in total. The van der Waals surface area contributed by atoms with Gasteiger partial charge in [-0.1, -0.05) is 17.7 Å². The second kappa shape index (κ2) is 6.40. The number of hydrogen-bond donors (Lipinski definition) is 1. The molecule has 0 amide bonds. The van der Waals surface area contributed by atoms with Crippen molar-refractivity contribution in [2.75, 3.05) is 7.05 Å². The summed E-state index contributed by atoms with van der Waals surface area (Å²) in [6.07, 6.45) is -2.54. The molecule has 3 rings (SSSR count). The van der Waals surface area contributed by atoms with Crippen molar-refractivity contribution < 1.29 is 22.7 Å². The summed E-state index contributed by atoms with van der Waals surface area (Å²) >= 11 is 5.82. The van der Waals surface area contributed by atoms with Crippen LogP contribution in [0.15, 0.2) is 48.6 Å². The van der Waals surface area contributed by atoms with Crippen LogP contribution < -0.4 is 5.32 Å². The van der Waals surface area contributed by atoms with Crippen LogP contribution >= 0.6 is 11.6 Å². The van der Waals surface area contributed by atoms with Gasteiger partial charge in [0.05, 0.1) is 11.1 Å². The molecule has 1 aromatic heterocycles. The largest absolute Gasteiger partial charge is 0.462 e. The summed E-state index contributed by atoms with van der Waals surface area (Å²) in [5.74, 6) is -0.373. The van der Waals surface area contributed by atoms with E-state index in [9.17, 15) is 18.0 Å². The van der Waals surface area contributed by atoms with Crippen molar-refractivity contribution in [3.8, 4) is 0 Å². The zero-order chi connectivity index (χ0) is 18.2. The third-order valence-electron chi connectivity index (χ3n) is 3.68. The van der Waals surface area contributed by atoms with E-state index in [4.69, 9.17) is 16.3 Å². The number of carbonyl (C=O) groups is 1. The normalized spacial score (nSPS) is 17.6. The number of aromatic nitrogens is 1. The molecule has 1 N–H and O–H groups in total. The lowest BCUT2D eigenvalue weighted by Gasteiger charge is -2.10. The minimum atomic E-state index is -4.58. The maximum atomic E-state index is 13.0. The van der Waals surface area contributed by atoms with E-state index in [1.165, 1.54) is 19.3 Å². The highest BCUT2D eigenvalue weighted by atomic mass is 35.5. The minimum Gasteiger partial charge on any atom is -0.462 e. The number of benzene rings is 1. The lowest BCUT2D eigenvalue weighted by molar-refractivity contribution is -0.137. The Morgan fingerprint density at radius 1 is 1.28 bits per heavy atom. The Morgan fingerprint density at radius 3 is 2.64 bits per heavy atom. The summed E-state index contributed by atoms with van der Waals surface area (Å²) in [7, 11) is 1.52. The zero-order valence-corrected chi connectivity index (χ0v) is 13.7. The number of ether oxygens (including phenoxy) is 1. The maximum absolute atomic E-state index is 13.0. The molecule has 2 aromatic rings. The van der Waals surface area contributed by atoms with Gasteiger partial charge in [-0.2, -0.15) is 13.2 Å². The van der Waals surface area contributed by atoms with Gasteiger partial charge in [0.25, 0.3) is 0 Å². The van der Waals surface area contributed by atoms with Crippen LogP contribution in [0.5, 0.6) is 0 Å². The quantitative estimate of drug-likeness (QED) is 0.890. The topological polar surface area (TPSA) is 51.2 Å². The first kappa shape index (κ1) is 17.3. The smallest absolute Gasteiger partial charge is 0.416 e. The van der Waals surface area contributed by atoms with Gasteiger partial charge in [0.15, 0.2) is 12.0 Å². The highest BCUT2D eigenvalue weighted by Crippen LogP contribution is 2.39. The second-order valence-corrected chi connectivity index (χ2v) is 5.77. The van der Waals surface area contributed by atoms with Crippen molar-refractivity contribution in [2.24, 2.45) is 0 Å². The summed E-state index contributed by atoms with van der Waals surface area (Å²) in [6, 6.07) is 6.29. The molecule has 0 bridgehead atoms. The Hall–Kier alpha value is -2.54. The number of halogens is 4. The van der Waals surface area contributed by atoms with Crippen LogP contribution in [0.3, 0.4) is 0 Å². The predicted octanol–water partition coefficient (Wildman–Crippen LogP) is 3.98. The van der Waals surface area contributed by atoms with Gasteiger partial charge in [0.2, 0.25) is 5.78 Å². The highest BCUT2D eigenvalue weighted by molar-refractivity contribution is 6.31. The molecule has 1 aliphatic heterocycles. The minimum absolute atomic E-state index is 0.0179. The van der Waals surface area contributed by atoms with Crippen molar-refractivity contribution in [3.05, 3.63) is 70.3 Å². The summed E-state index contributed by atoms with van der Waals surface area (Å²) in [5, 5.41) is 2.59. The van der Waals surface area contributed by atoms with Gasteiger partial charge >= 0.3 is 6.18 Å². The third-order valence-corrected chi connectivity index (χ3v) is 3.89. The molecule has 0 spiro atoms. The molecule has 1 unspecified atom stereocenters. The molecule has 1 aromatic carbocycles. The van der Waals surface area contributed by atoms with Crippen molar-refractivity contribution in [3.63, 3.8) is 0 Å². The molecule has 130 valence electrons. The number of pyridine rings is 1. The number of Topliss-reactive ketones (excluding diaryl/α,β-unsaturated/α-hetero) is 1. The average Bonchev–Trinajstić information content (AvgIpc) is 2.91. The molecule has 0 fully saturated rings. The molecule has 8 heteroatoms. The summed E-state index contributed by atoms with van der Waals surface area (Å²) in [5.41, 5.74) is -0.367. The first-order chi connectivity index (χ1) is 11.8. The molecule has 25 heavy (non-hydrogen) atoms. The number of nitrogens with one attached hydrogen (secondary N) is 1. The maximum Gasteiger partial charge on any atom is 0.416 e. The van der Waals surface area contributed by atoms with E-state index < -0.39 is 23.6 Å². The van der Waals surface area contributed by atoms with Crippen LogP contribution in [0.25, 0.3) is 5.57 Å². The molecule has 0 aliphatic carbocycles. The van der Waals surface area contributed by atoms with Gasteiger partial charge in [-0.25, -0.2) is 0 Å². The van der Waals surface area contributed by atoms with Gasteiger partial charge < -0.3 is 10.1 Å². The van der Waals surface area contributed by atoms with Crippen LogP contribution in [-0.2, 0) is 15.7 Å². The number of alkyl halides is 3. The number of nitrogens with zero attached hydrogens (tertiary/aromatic N) is 1. The van der Waals surface area contributed by atoms with E-state index in [2.05, 4.69) is 10.3 Å². The van der Waals surface area contributed by atoms with Crippen LogP contribution in [0.1, 0.15) is 22.8 Å². The van der Waals surface area contributed by atoms with Gasteiger partial charge in [-0.3, -0.25) is 9.78 Å². The fraction of sp³-hybridized carbons (Fsp3) is 0.176. The Balaban J connectivity index is 2.06. The van der Waals surface area contributed by atoms with Gasteiger partial charge in [0, 0.05) is 30.0 Å². The van der Waals surface area contributed by atoms with Gasteiger partial charge in [-0.05, 0) is 29.8 Å². The third kappa shape index (κ3) is 3.32. The first-order valence-corrected chi connectivity index (χ1v) is 7.60. The SMILES string of the molecule is CNC1=C(c2cc(Cl)cc(C(F)(F)F)c2)C(=O)C(c2cccnc2)O1. The van der Waals surface area contributed by atoms with Gasteiger partial charge in [-0.15, -0.1) is 0 Å². The predicted molar refractivity (Wildman–Crippen MR) is 85.5 cm³/mol. The molecule has 2 heterocycles. The number of carbonyl (C=O) groups excluding carboxylic acids is 1. The molecular formula is C17H12ClF3N2O2. The van der Waals surface area contributed by atoms with Crippen LogP contribution in [-0.4, -0.2) is 17.8 Å². The second-order valence-electron chi connectivity index (χ2n) is 5.33. The standard InChI is InChI=1S/C17H12ClF3N2O2/c1-22-16-13(10-5-11(17(19,20)21)7-12(18)6-10)14(24)15(25-16)9-3-2-4-23-8-9/h2-8,15,22H,1H3. The Bertz CT molecular complexity index is 851. The summed E-state index contributed by atoms with van der Waals surface area (Å²) in [6.45, 7) is 0. The van der Waals surface area contributed by atoms with E-state index in [0.717, 1.165) is 12.1 Å². The molecule has 0 radical (unpaired) electrons. The van der Waals surface area contributed by atoms with Crippen molar-refractivity contribution >= 4 is 23.0 Å². The summed E-state index contributed by atoms with van der Waals surface area (Å²) in [4.78, 5) is 16.7. The van der Waals surface area contributed by atoms with E-state index in [1.54, 1.807) is 18.3 Å². The van der Waals surface area contributed by atoms with Crippen molar-refractivity contribution in [1.82, 2.24) is 10.3 Å². The Labute approximate surface area is 146 Å². The first-order valence-electron chi connectivity index (χ1n) is 7.22. The fourth-order valence-electron chi connectivity index (χ4n) is 2.58. The van der Waals surface area contributed by atoms with Crippen LogP contribution in [0, 0.1) is 0 Å². The van der Waals surface area contributed by atoms with E-state index >= 15 is 0 Å². The Morgan fingerprint density at radius 2 is 2.04 bits per heavy atom. The van der Waals surface area contributed by atoms with E-state index in [-0.39, 0.29) is 22.0 Å². The van der Waals surface area contributed by atoms with Gasteiger partial charge in [0.1, 0.15) is 0 Å². The number of ketones is 1. The molecule has 0 saturated carbocycles. The van der Waals surface area contributed by atoms with Crippen molar-refractivity contribution in [1.29, 1.82) is 0 Å². The molecule has 0 saturated heterocycles. The Kier molecular flexibility index (Phi) is 4.43. The highest BCUT2D eigenvalue weighted by Gasteiger charge is 2.38. The van der Waals surface area contributed by atoms with Crippen LogP contribution in [0.4, 0.5) is 13.2 Å². The van der Waals surface area contributed by atoms with E-state index in [1.807, 2.05) is 0 Å². The lowest BCUT2D eigenvalue weighted by Crippen LogP contribution is -2.11. The lowest BCUT2D eigenvalue weighted by atomic mass is 9.96. The molecule has 1 atom stereocenters. The van der Waals surface area contributed by atoms with E-state index in [0.29, 0.717) is 5.56 Å². The number of hydrogen-bond acceptors (Lipinski definition) is 4.